The molecule has 3 rings (SSSR count). The monoisotopic (exact) mass is 614 g/mol. The molecule has 0 spiro atoms. The lowest BCUT2D eigenvalue weighted by Gasteiger charge is -2.38. The van der Waals surface area contributed by atoms with E-state index in [4.69, 9.17) is 21.8 Å². The molecule has 224 valence electrons. The predicted molar refractivity (Wildman–Crippen MR) is 161 cm³/mol. The summed E-state index contributed by atoms with van der Waals surface area (Å²) in [6, 6.07) is 10.6. The zero-order valence-electron chi connectivity index (χ0n) is 24.6. The summed E-state index contributed by atoms with van der Waals surface area (Å²) in [7, 11) is -2.18. The highest BCUT2D eigenvalue weighted by atomic mass is 35.5. The number of hydrogen-bond donors (Lipinski definition) is 2. The van der Waals surface area contributed by atoms with Crippen LogP contribution < -0.4 is 11.1 Å². The first kappa shape index (κ1) is 32.7. The van der Waals surface area contributed by atoms with Gasteiger partial charge in [0.05, 0.1) is 41.4 Å². The quantitative estimate of drug-likeness (QED) is 0.307. The zero-order chi connectivity index (χ0) is 31.4. The van der Waals surface area contributed by atoms with Gasteiger partial charge in [-0.05, 0) is 49.3 Å². The SMILES string of the molecule is CC(CO[Si](C)(C)C(C)(C)C)N(CC(=O)NCc1cccc(Cl)c1F)C(=O)Cn1nc(C(N)=O)c2cc(C#N)ccc21. The smallest absolute Gasteiger partial charge is 0.269 e. The number of benzene rings is 2. The molecule has 3 aromatic rings. The minimum absolute atomic E-state index is 0.0568. The molecule has 0 aliphatic rings. The van der Waals surface area contributed by atoms with E-state index in [1.165, 1.54) is 27.8 Å². The van der Waals surface area contributed by atoms with Crippen molar-refractivity contribution in [1.82, 2.24) is 20.0 Å². The number of halogens is 2. The van der Waals surface area contributed by atoms with Crippen LogP contribution >= 0.6 is 11.6 Å². The normalized spacial score (nSPS) is 12.5. The van der Waals surface area contributed by atoms with Crippen LogP contribution in [0.2, 0.25) is 23.2 Å². The first-order valence-corrected chi connectivity index (χ1v) is 16.7. The molecule has 1 heterocycles. The zero-order valence-corrected chi connectivity index (χ0v) is 26.4. The Morgan fingerprint density at radius 1 is 1.26 bits per heavy atom. The van der Waals surface area contributed by atoms with E-state index in [1.807, 2.05) is 6.07 Å². The lowest BCUT2D eigenvalue weighted by atomic mass is 10.1. The second kappa shape index (κ2) is 13.0. The molecule has 2 aromatic carbocycles. The Balaban J connectivity index is 1.87. The third kappa shape index (κ3) is 7.53. The van der Waals surface area contributed by atoms with Gasteiger partial charge in [-0.2, -0.15) is 10.4 Å². The second-order valence-electron chi connectivity index (χ2n) is 11.6. The van der Waals surface area contributed by atoms with Crippen molar-refractivity contribution in [2.45, 2.75) is 65.0 Å². The highest BCUT2D eigenvalue weighted by Gasteiger charge is 2.38. The maximum atomic E-state index is 14.3. The van der Waals surface area contributed by atoms with Gasteiger partial charge in [0, 0.05) is 17.5 Å². The minimum atomic E-state index is -2.18. The number of aromatic nitrogens is 2. The van der Waals surface area contributed by atoms with E-state index in [-0.39, 0.29) is 47.6 Å². The van der Waals surface area contributed by atoms with Crippen LogP contribution in [0.5, 0.6) is 0 Å². The number of hydrogen-bond acceptors (Lipinski definition) is 6. The number of rotatable bonds is 11. The fourth-order valence-corrected chi connectivity index (χ4v) is 5.27. The molecule has 1 unspecified atom stereocenters. The standard InChI is InChI=1S/C29H36ClFN6O4Si/c1-18(17-41-42(5,6)29(2,3)4)36(15-24(38)34-14-20-8-7-9-22(30)26(20)31)25(39)16-37-23-11-10-19(13-32)12-21(23)27(35-37)28(33)40/h7-12,18H,14-17H2,1-6H3,(H2,33,40)(H,34,38). The Kier molecular flexibility index (Phi) is 10.1. The maximum absolute atomic E-state index is 14.3. The van der Waals surface area contributed by atoms with Crippen molar-refractivity contribution in [1.29, 1.82) is 5.26 Å². The Bertz CT molecular complexity index is 1550. The summed E-state index contributed by atoms with van der Waals surface area (Å²) in [4.78, 5) is 40.2. The first-order chi connectivity index (χ1) is 19.6. The number of primary amides is 1. The number of carbonyl (C=O) groups is 3. The van der Waals surface area contributed by atoms with Crippen molar-refractivity contribution in [3.63, 3.8) is 0 Å². The van der Waals surface area contributed by atoms with Crippen LogP contribution in [0.4, 0.5) is 4.39 Å². The number of nitrogens with zero attached hydrogens (tertiary/aromatic N) is 4. The molecule has 3 N–H and O–H groups in total. The molecule has 1 aromatic heterocycles. The largest absolute Gasteiger partial charge is 0.415 e. The van der Waals surface area contributed by atoms with Gasteiger partial charge >= 0.3 is 0 Å². The Morgan fingerprint density at radius 2 is 1.95 bits per heavy atom. The molecule has 42 heavy (non-hydrogen) atoms. The number of carbonyl (C=O) groups excluding carboxylic acids is 3. The molecule has 13 heteroatoms. The summed E-state index contributed by atoms with van der Waals surface area (Å²) in [5.41, 5.74) is 6.39. The summed E-state index contributed by atoms with van der Waals surface area (Å²) in [6.07, 6.45) is 0. The molecule has 0 fully saturated rings. The lowest BCUT2D eigenvalue weighted by Crippen LogP contribution is -2.50. The van der Waals surface area contributed by atoms with Crippen molar-refractivity contribution in [3.8, 4) is 6.07 Å². The van der Waals surface area contributed by atoms with Crippen LogP contribution in [-0.4, -0.2) is 59.9 Å². The van der Waals surface area contributed by atoms with E-state index in [9.17, 15) is 24.0 Å². The summed E-state index contributed by atoms with van der Waals surface area (Å²) >= 11 is 5.85. The molecule has 0 aliphatic carbocycles. The van der Waals surface area contributed by atoms with Gasteiger partial charge in [-0.3, -0.25) is 19.1 Å². The van der Waals surface area contributed by atoms with Crippen molar-refractivity contribution >= 4 is 48.5 Å². The van der Waals surface area contributed by atoms with E-state index in [2.05, 4.69) is 44.3 Å². The van der Waals surface area contributed by atoms with Crippen molar-refractivity contribution in [2.24, 2.45) is 5.73 Å². The highest BCUT2D eigenvalue weighted by molar-refractivity contribution is 6.74. The molecule has 1 atom stereocenters. The van der Waals surface area contributed by atoms with Gasteiger partial charge in [-0.1, -0.05) is 44.5 Å². The van der Waals surface area contributed by atoms with Gasteiger partial charge in [-0.15, -0.1) is 0 Å². The maximum Gasteiger partial charge on any atom is 0.269 e. The van der Waals surface area contributed by atoms with E-state index >= 15 is 0 Å². The number of nitriles is 1. The number of nitrogens with one attached hydrogen (secondary N) is 1. The van der Waals surface area contributed by atoms with Crippen LogP contribution in [0, 0.1) is 17.1 Å². The summed E-state index contributed by atoms with van der Waals surface area (Å²) < 4.78 is 22.0. The third-order valence-electron chi connectivity index (χ3n) is 7.56. The summed E-state index contributed by atoms with van der Waals surface area (Å²) in [6.45, 7) is 11.7. The summed E-state index contributed by atoms with van der Waals surface area (Å²) in [5.74, 6) is -2.40. The second-order valence-corrected chi connectivity index (χ2v) is 16.9. The molecule has 10 nitrogen and oxygen atoms in total. The number of nitrogens with two attached hydrogens (primary N) is 1. The van der Waals surface area contributed by atoms with Gasteiger partial charge in [-0.25, -0.2) is 4.39 Å². The van der Waals surface area contributed by atoms with Gasteiger partial charge in [0.25, 0.3) is 5.91 Å². The lowest BCUT2D eigenvalue weighted by molar-refractivity contribution is -0.139. The van der Waals surface area contributed by atoms with Gasteiger partial charge < -0.3 is 20.4 Å². The molecule has 3 amide bonds. The van der Waals surface area contributed by atoms with E-state index in [0.717, 1.165) is 0 Å². The van der Waals surface area contributed by atoms with Gasteiger partial charge in [0.1, 0.15) is 12.4 Å². The summed E-state index contributed by atoms with van der Waals surface area (Å²) in [5, 5.41) is 16.4. The topological polar surface area (TPSA) is 143 Å². The van der Waals surface area contributed by atoms with Gasteiger partial charge in [0.15, 0.2) is 14.0 Å². The third-order valence-corrected chi connectivity index (χ3v) is 12.4. The molecule has 0 saturated carbocycles. The fourth-order valence-electron chi connectivity index (χ4n) is 3.98. The highest BCUT2D eigenvalue weighted by Crippen LogP contribution is 2.36. The molecular weight excluding hydrogens is 579 g/mol. The number of fused-ring (bicyclic) bond motifs is 1. The van der Waals surface area contributed by atoms with Crippen LogP contribution in [0.15, 0.2) is 36.4 Å². The van der Waals surface area contributed by atoms with Crippen molar-refractivity contribution in [3.05, 3.63) is 64.1 Å². The average Bonchev–Trinajstić information content (AvgIpc) is 3.28. The van der Waals surface area contributed by atoms with Crippen LogP contribution in [-0.2, 0) is 27.1 Å². The minimum Gasteiger partial charge on any atom is -0.415 e. The molecule has 0 saturated heterocycles. The van der Waals surface area contributed by atoms with E-state index in [1.54, 1.807) is 25.1 Å². The molecule has 0 aliphatic heterocycles. The first-order valence-electron chi connectivity index (χ1n) is 13.4. The Morgan fingerprint density at radius 3 is 2.57 bits per heavy atom. The van der Waals surface area contributed by atoms with Crippen LogP contribution in [0.1, 0.15) is 49.3 Å². The van der Waals surface area contributed by atoms with Crippen molar-refractivity contribution < 1.29 is 23.2 Å². The Labute approximate surface area is 250 Å². The van der Waals surface area contributed by atoms with Crippen molar-refractivity contribution in [2.75, 3.05) is 13.2 Å². The fraction of sp³-hybridized carbons (Fsp3) is 0.414. The van der Waals surface area contributed by atoms with E-state index in [0.29, 0.717) is 16.5 Å². The Hall–Kier alpha value is -3.79. The van der Waals surface area contributed by atoms with Crippen LogP contribution in [0.25, 0.3) is 10.9 Å². The molecule has 0 bridgehead atoms. The van der Waals surface area contributed by atoms with Crippen LogP contribution in [0.3, 0.4) is 0 Å². The molecular formula is C29H36ClFN6O4Si. The molecule has 0 radical (unpaired) electrons. The van der Waals surface area contributed by atoms with E-state index < -0.39 is 37.9 Å². The number of amides is 3. The predicted octanol–water partition coefficient (Wildman–Crippen LogP) is 4.35. The average molecular weight is 615 g/mol. The van der Waals surface area contributed by atoms with Gasteiger partial charge in [0.2, 0.25) is 11.8 Å².